The van der Waals surface area contributed by atoms with Gasteiger partial charge < -0.3 is 10.1 Å². The fourth-order valence-electron chi connectivity index (χ4n) is 2.01. The molecule has 0 radical (unpaired) electrons. The van der Waals surface area contributed by atoms with E-state index in [0.29, 0.717) is 26.1 Å². The SMILES string of the molecule is NS(=O)(=O)c1ccccc1NC(=O)C1CCOCC1. The second-order valence-corrected chi connectivity index (χ2v) is 5.95. The van der Waals surface area contributed by atoms with Gasteiger partial charge in [0, 0.05) is 19.1 Å². The van der Waals surface area contributed by atoms with Crippen molar-refractivity contribution in [1.29, 1.82) is 0 Å². The summed E-state index contributed by atoms with van der Waals surface area (Å²) in [5.74, 6) is -0.346. The fourth-order valence-corrected chi connectivity index (χ4v) is 2.71. The molecule has 104 valence electrons. The first-order valence-corrected chi connectivity index (χ1v) is 7.53. The number of nitrogens with one attached hydrogen (secondary N) is 1. The van der Waals surface area contributed by atoms with Crippen LogP contribution in [-0.4, -0.2) is 27.5 Å². The third kappa shape index (κ3) is 3.52. The molecule has 0 aromatic heterocycles. The predicted molar refractivity (Wildman–Crippen MR) is 70.0 cm³/mol. The minimum atomic E-state index is -3.85. The maximum absolute atomic E-state index is 12.0. The molecular weight excluding hydrogens is 268 g/mol. The summed E-state index contributed by atoms with van der Waals surface area (Å²) in [7, 11) is -3.85. The Morgan fingerprint density at radius 2 is 1.89 bits per heavy atom. The molecule has 1 aliphatic heterocycles. The summed E-state index contributed by atoms with van der Waals surface area (Å²) in [6.45, 7) is 1.10. The van der Waals surface area contributed by atoms with Gasteiger partial charge in [0.1, 0.15) is 4.90 Å². The lowest BCUT2D eigenvalue weighted by Crippen LogP contribution is -2.29. The van der Waals surface area contributed by atoms with Crippen LogP contribution in [0.5, 0.6) is 0 Å². The molecule has 1 aromatic carbocycles. The largest absolute Gasteiger partial charge is 0.381 e. The summed E-state index contributed by atoms with van der Waals surface area (Å²) >= 11 is 0. The van der Waals surface area contributed by atoms with Crippen molar-refractivity contribution in [2.45, 2.75) is 17.7 Å². The van der Waals surface area contributed by atoms with Gasteiger partial charge >= 0.3 is 0 Å². The standard InChI is InChI=1S/C12H16N2O4S/c13-19(16,17)11-4-2-1-3-10(11)14-12(15)9-5-7-18-8-6-9/h1-4,9H,5-8H2,(H,14,15)(H2,13,16,17). The van der Waals surface area contributed by atoms with Crippen molar-refractivity contribution in [3.63, 3.8) is 0 Å². The number of carbonyl (C=O) groups is 1. The molecule has 0 saturated carbocycles. The van der Waals surface area contributed by atoms with Crippen LogP contribution in [0.1, 0.15) is 12.8 Å². The number of sulfonamides is 1. The predicted octanol–water partition coefficient (Wildman–Crippen LogP) is 0.699. The number of carbonyl (C=O) groups excluding carboxylic acids is 1. The Morgan fingerprint density at radius 3 is 2.53 bits per heavy atom. The maximum Gasteiger partial charge on any atom is 0.240 e. The number of para-hydroxylation sites is 1. The monoisotopic (exact) mass is 284 g/mol. The highest BCUT2D eigenvalue weighted by atomic mass is 32.2. The van der Waals surface area contributed by atoms with E-state index >= 15 is 0 Å². The average Bonchev–Trinajstić information content (AvgIpc) is 2.39. The van der Waals surface area contributed by atoms with Gasteiger partial charge in [-0.1, -0.05) is 12.1 Å². The highest BCUT2D eigenvalue weighted by Gasteiger charge is 2.23. The number of amides is 1. The lowest BCUT2D eigenvalue weighted by Gasteiger charge is -2.21. The van der Waals surface area contributed by atoms with Gasteiger partial charge in [0.15, 0.2) is 0 Å². The molecule has 1 aromatic rings. The van der Waals surface area contributed by atoms with E-state index < -0.39 is 10.0 Å². The van der Waals surface area contributed by atoms with E-state index in [0.717, 1.165) is 0 Å². The number of hydrogen-bond donors (Lipinski definition) is 2. The quantitative estimate of drug-likeness (QED) is 0.853. The van der Waals surface area contributed by atoms with Gasteiger partial charge in [0.2, 0.25) is 15.9 Å². The van der Waals surface area contributed by atoms with Gasteiger partial charge in [0.05, 0.1) is 5.69 Å². The molecule has 1 amide bonds. The van der Waals surface area contributed by atoms with Crippen molar-refractivity contribution in [2.24, 2.45) is 11.1 Å². The Labute approximate surface area is 112 Å². The van der Waals surface area contributed by atoms with Crippen molar-refractivity contribution in [2.75, 3.05) is 18.5 Å². The third-order valence-corrected chi connectivity index (χ3v) is 4.01. The van der Waals surface area contributed by atoms with Crippen molar-refractivity contribution in [1.82, 2.24) is 0 Å². The summed E-state index contributed by atoms with van der Waals surface area (Å²) in [5, 5.41) is 7.75. The minimum absolute atomic E-state index is 0.0737. The first-order valence-electron chi connectivity index (χ1n) is 5.99. The Morgan fingerprint density at radius 1 is 1.26 bits per heavy atom. The molecule has 1 saturated heterocycles. The normalized spacial score (nSPS) is 17.1. The molecule has 0 atom stereocenters. The van der Waals surface area contributed by atoms with Crippen molar-refractivity contribution in [3.05, 3.63) is 24.3 Å². The van der Waals surface area contributed by atoms with Crippen molar-refractivity contribution >= 4 is 21.6 Å². The van der Waals surface area contributed by atoms with Gasteiger partial charge in [-0.05, 0) is 25.0 Å². The zero-order chi connectivity index (χ0) is 13.9. The van der Waals surface area contributed by atoms with Gasteiger partial charge in [-0.3, -0.25) is 4.79 Å². The van der Waals surface area contributed by atoms with Crippen LogP contribution >= 0.6 is 0 Å². The van der Waals surface area contributed by atoms with Crippen LogP contribution in [0.3, 0.4) is 0 Å². The van der Waals surface area contributed by atoms with E-state index in [1.807, 2.05) is 0 Å². The van der Waals surface area contributed by atoms with Crippen LogP contribution in [0.2, 0.25) is 0 Å². The summed E-state index contributed by atoms with van der Waals surface area (Å²) in [6.07, 6.45) is 1.28. The van der Waals surface area contributed by atoms with Crippen LogP contribution in [0.15, 0.2) is 29.2 Å². The Hall–Kier alpha value is -1.44. The highest BCUT2D eigenvalue weighted by Crippen LogP contribution is 2.22. The Bertz CT molecular complexity index is 565. The molecule has 1 fully saturated rings. The molecule has 0 aliphatic carbocycles. The van der Waals surface area contributed by atoms with Crippen LogP contribution in [0.25, 0.3) is 0 Å². The molecule has 7 heteroatoms. The van der Waals surface area contributed by atoms with Crippen LogP contribution in [0, 0.1) is 5.92 Å². The van der Waals surface area contributed by atoms with Gasteiger partial charge in [-0.15, -0.1) is 0 Å². The molecule has 6 nitrogen and oxygen atoms in total. The molecule has 19 heavy (non-hydrogen) atoms. The van der Waals surface area contributed by atoms with E-state index in [1.165, 1.54) is 12.1 Å². The van der Waals surface area contributed by atoms with Crippen LogP contribution < -0.4 is 10.5 Å². The number of nitrogens with two attached hydrogens (primary N) is 1. The van der Waals surface area contributed by atoms with E-state index in [9.17, 15) is 13.2 Å². The fraction of sp³-hybridized carbons (Fsp3) is 0.417. The van der Waals surface area contributed by atoms with Gasteiger partial charge in [-0.25, -0.2) is 13.6 Å². The van der Waals surface area contributed by atoms with E-state index in [-0.39, 0.29) is 22.4 Å². The molecular formula is C12H16N2O4S. The molecule has 0 unspecified atom stereocenters. The number of ether oxygens (including phenoxy) is 1. The number of primary sulfonamides is 1. The summed E-state index contributed by atoms with van der Waals surface area (Å²) < 4.78 is 28.0. The van der Waals surface area contributed by atoms with Crippen LogP contribution in [-0.2, 0) is 19.6 Å². The molecule has 0 spiro atoms. The number of rotatable bonds is 3. The average molecular weight is 284 g/mol. The molecule has 2 rings (SSSR count). The number of anilines is 1. The van der Waals surface area contributed by atoms with Crippen molar-refractivity contribution in [3.8, 4) is 0 Å². The second-order valence-electron chi connectivity index (χ2n) is 4.42. The van der Waals surface area contributed by atoms with E-state index in [4.69, 9.17) is 9.88 Å². The van der Waals surface area contributed by atoms with Crippen molar-refractivity contribution < 1.29 is 17.9 Å². The van der Waals surface area contributed by atoms with Gasteiger partial charge in [0.25, 0.3) is 0 Å². The smallest absolute Gasteiger partial charge is 0.240 e. The molecule has 3 N–H and O–H groups in total. The van der Waals surface area contributed by atoms with E-state index in [1.54, 1.807) is 12.1 Å². The topological polar surface area (TPSA) is 98.5 Å². The third-order valence-electron chi connectivity index (χ3n) is 3.04. The minimum Gasteiger partial charge on any atom is -0.381 e. The second kappa shape index (κ2) is 5.68. The molecule has 1 aliphatic rings. The first-order chi connectivity index (χ1) is 8.98. The molecule has 0 bridgehead atoms. The lowest BCUT2D eigenvalue weighted by atomic mass is 9.99. The summed E-state index contributed by atoms with van der Waals surface area (Å²) in [6, 6.07) is 6.10. The Kier molecular flexibility index (Phi) is 4.18. The highest BCUT2D eigenvalue weighted by molar-refractivity contribution is 7.89. The van der Waals surface area contributed by atoms with Gasteiger partial charge in [-0.2, -0.15) is 0 Å². The maximum atomic E-state index is 12.0. The van der Waals surface area contributed by atoms with Crippen LogP contribution in [0.4, 0.5) is 5.69 Å². The number of benzene rings is 1. The zero-order valence-corrected chi connectivity index (χ0v) is 11.2. The first kappa shape index (κ1) is 14.0. The number of hydrogen-bond acceptors (Lipinski definition) is 4. The van der Waals surface area contributed by atoms with E-state index in [2.05, 4.69) is 5.32 Å². The Balaban J connectivity index is 2.17. The zero-order valence-electron chi connectivity index (χ0n) is 10.3. The summed E-state index contributed by atoms with van der Waals surface area (Å²) in [5.41, 5.74) is 0.224. The molecule has 1 heterocycles. The summed E-state index contributed by atoms with van der Waals surface area (Å²) in [4.78, 5) is 12.0. The lowest BCUT2D eigenvalue weighted by molar-refractivity contribution is -0.122.